The summed E-state index contributed by atoms with van der Waals surface area (Å²) in [5, 5.41) is 3.85. The summed E-state index contributed by atoms with van der Waals surface area (Å²) in [6, 6.07) is 12.9. The fourth-order valence-corrected chi connectivity index (χ4v) is 2.46. The van der Waals surface area contributed by atoms with Crippen molar-refractivity contribution < 1.29 is 13.2 Å². The van der Waals surface area contributed by atoms with E-state index in [4.69, 9.17) is 4.42 Å². The predicted molar refractivity (Wildman–Crippen MR) is 78.1 cm³/mol. The summed E-state index contributed by atoms with van der Waals surface area (Å²) in [5.74, 6) is -0.000719. The Balaban J connectivity index is 1.93. The van der Waals surface area contributed by atoms with Crippen LogP contribution in [-0.2, 0) is 6.42 Å². The Morgan fingerprint density at radius 2 is 1.90 bits per heavy atom. The highest BCUT2D eigenvalue weighted by Gasteiger charge is 2.17. The van der Waals surface area contributed by atoms with Gasteiger partial charge in [0.15, 0.2) is 11.4 Å². The first-order valence-corrected chi connectivity index (χ1v) is 6.77. The normalized spacial score (nSPS) is 12.7. The molecular formula is C17H15F2NO. The van der Waals surface area contributed by atoms with Crippen LogP contribution in [0, 0.1) is 11.6 Å². The second-order valence-corrected chi connectivity index (χ2v) is 4.98. The Hall–Kier alpha value is -2.20. The molecule has 0 aliphatic heterocycles. The van der Waals surface area contributed by atoms with E-state index in [1.807, 2.05) is 12.1 Å². The molecular weight excluding hydrogens is 272 g/mol. The molecule has 1 unspecified atom stereocenters. The van der Waals surface area contributed by atoms with E-state index in [-0.39, 0.29) is 23.3 Å². The first-order chi connectivity index (χ1) is 10.2. The topological polar surface area (TPSA) is 25.2 Å². The summed E-state index contributed by atoms with van der Waals surface area (Å²) >= 11 is 0. The Bertz CT molecular complexity index is 766. The Kier molecular flexibility index (Phi) is 3.71. The van der Waals surface area contributed by atoms with Crippen LogP contribution >= 0.6 is 0 Å². The Morgan fingerprint density at radius 1 is 1.10 bits per heavy atom. The number of fused-ring (bicyclic) bond motifs is 1. The maximum absolute atomic E-state index is 13.7. The lowest BCUT2D eigenvalue weighted by atomic mass is 10.0. The fraction of sp³-hybridized carbons (Fsp3) is 0.176. The maximum Gasteiger partial charge on any atom is 0.169 e. The van der Waals surface area contributed by atoms with Crippen LogP contribution in [-0.4, -0.2) is 7.05 Å². The molecule has 1 N–H and O–H groups in total. The van der Waals surface area contributed by atoms with Crippen molar-refractivity contribution in [2.24, 2.45) is 0 Å². The molecule has 0 aliphatic carbocycles. The van der Waals surface area contributed by atoms with E-state index in [9.17, 15) is 8.78 Å². The van der Waals surface area contributed by atoms with Crippen molar-refractivity contribution in [2.75, 3.05) is 7.05 Å². The molecule has 0 spiro atoms. The molecule has 0 bridgehead atoms. The first-order valence-electron chi connectivity index (χ1n) is 6.77. The molecule has 3 aromatic rings. The molecule has 1 heterocycles. The van der Waals surface area contributed by atoms with Crippen LogP contribution in [0.5, 0.6) is 0 Å². The average molecular weight is 287 g/mol. The summed E-state index contributed by atoms with van der Waals surface area (Å²) < 4.78 is 32.6. The zero-order valence-corrected chi connectivity index (χ0v) is 11.6. The van der Waals surface area contributed by atoms with Crippen LogP contribution in [0.4, 0.5) is 8.78 Å². The van der Waals surface area contributed by atoms with Crippen molar-refractivity contribution in [2.45, 2.75) is 12.5 Å². The van der Waals surface area contributed by atoms with Gasteiger partial charge in [-0.05, 0) is 43.3 Å². The standard InChI is InChI=1S/C17H15F2NO/c1-20-15(9-11-4-2-6-13(18)8-11)16-10-12-5-3-7-14(19)17(12)21-16/h2-8,10,15,20H,9H2,1H3. The minimum Gasteiger partial charge on any atom is -0.456 e. The summed E-state index contributed by atoms with van der Waals surface area (Å²) in [6.07, 6.45) is 0.565. The number of hydrogen-bond donors (Lipinski definition) is 1. The van der Waals surface area contributed by atoms with E-state index in [1.165, 1.54) is 18.2 Å². The number of nitrogens with one attached hydrogen (secondary N) is 1. The molecule has 0 aliphatic rings. The fourth-order valence-electron chi connectivity index (χ4n) is 2.46. The van der Waals surface area contributed by atoms with Gasteiger partial charge in [-0.2, -0.15) is 0 Å². The third-order valence-corrected chi connectivity index (χ3v) is 3.54. The van der Waals surface area contributed by atoms with E-state index in [2.05, 4.69) is 5.32 Å². The molecule has 2 nitrogen and oxygen atoms in total. The van der Waals surface area contributed by atoms with Gasteiger partial charge in [0.05, 0.1) is 6.04 Å². The zero-order chi connectivity index (χ0) is 14.8. The predicted octanol–water partition coefficient (Wildman–Crippen LogP) is 4.21. The van der Waals surface area contributed by atoms with Gasteiger partial charge in [-0.3, -0.25) is 0 Å². The molecule has 2 aromatic carbocycles. The molecule has 3 rings (SSSR count). The number of halogens is 2. The molecule has 1 atom stereocenters. The van der Waals surface area contributed by atoms with Crippen molar-refractivity contribution in [3.05, 3.63) is 71.5 Å². The van der Waals surface area contributed by atoms with Gasteiger partial charge < -0.3 is 9.73 Å². The van der Waals surface area contributed by atoms with Gasteiger partial charge in [-0.25, -0.2) is 8.78 Å². The lowest BCUT2D eigenvalue weighted by molar-refractivity contribution is 0.441. The van der Waals surface area contributed by atoms with Crippen molar-refractivity contribution in [3.8, 4) is 0 Å². The molecule has 108 valence electrons. The van der Waals surface area contributed by atoms with E-state index >= 15 is 0 Å². The van der Waals surface area contributed by atoms with Crippen LogP contribution in [0.25, 0.3) is 11.0 Å². The highest BCUT2D eigenvalue weighted by atomic mass is 19.1. The van der Waals surface area contributed by atoms with Gasteiger partial charge in [0.2, 0.25) is 0 Å². The van der Waals surface area contributed by atoms with Crippen LogP contribution in [0.3, 0.4) is 0 Å². The molecule has 0 radical (unpaired) electrons. The largest absolute Gasteiger partial charge is 0.456 e. The minimum atomic E-state index is -0.376. The average Bonchev–Trinajstić information content (AvgIpc) is 2.90. The molecule has 21 heavy (non-hydrogen) atoms. The third kappa shape index (κ3) is 2.81. The highest BCUT2D eigenvalue weighted by molar-refractivity contribution is 5.78. The van der Waals surface area contributed by atoms with Crippen LogP contribution in [0.1, 0.15) is 17.4 Å². The van der Waals surface area contributed by atoms with Crippen molar-refractivity contribution >= 4 is 11.0 Å². The Morgan fingerprint density at radius 3 is 2.62 bits per heavy atom. The number of furan rings is 1. The maximum atomic E-state index is 13.7. The van der Waals surface area contributed by atoms with Gasteiger partial charge >= 0.3 is 0 Å². The van der Waals surface area contributed by atoms with E-state index in [1.54, 1.807) is 25.2 Å². The van der Waals surface area contributed by atoms with Crippen molar-refractivity contribution in [1.82, 2.24) is 5.32 Å². The molecule has 0 saturated heterocycles. The molecule has 1 aromatic heterocycles. The summed E-state index contributed by atoms with van der Waals surface area (Å²) in [7, 11) is 1.80. The van der Waals surface area contributed by atoms with E-state index in [0.29, 0.717) is 12.2 Å². The van der Waals surface area contributed by atoms with E-state index in [0.717, 1.165) is 10.9 Å². The number of para-hydroxylation sites is 1. The van der Waals surface area contributed by atoms with Crippen molar-refractivity contribution in [3.63, 3.8) is 0 Å². The van der Waals surface area contributed by atoms with Gasteiger partial charge in [-0.1, -0.05) is 24.3 Å². The second-order valence-electron chi connectivity index (χ2n) is 4.98. The summed E-state index contributed by atoms with van der Waals surface area (Å²) in [4.78, 5) is 0. The van der Waals surface area contributed by atoms with Crippen LogP contribution in [0.15, 0.2) is 52.9 Å². The lowest BCUT2D eigenvalue weighted by Crippen LogP contribution is -2.18. The van der Waals surface area contributed by atoms with Gasteiger partial charge in [-0.15, -0.1) is 0 Å². The first kappa shape index (κ1) is 13.8. The number of hydrogen-bond acceptors (Lipinski definition) is 2. The van der Waals surface area contributed by atoms with Gasteiger partial charge in [0.25, 0.3) is 0 Å². The number of likely N-dealkylation sites (N-methyl/N-ethyl adjacent to an activating group) is 1. The molecule has 0 saturated carbocycles. The second kappa shape index (κ2) is 5.66. The van der Waals surface area contributed by atoms with Crippen molar-refractivity contribution in [1.29, 1.82) is 0 Å². The Labute approximate surface area is 121 Å². The van der Waals surface area contributed by atoms with Crippen LogP contribution < -0.4 is 5.32 Å². The highest BCUT2D eigenvalue weighted by Crippen LogP contribution is 2.27. The van der Waals surface area contributed by atoms with Crippen LogP contribution in [0.2, 0.25) is 0 Å². The molecule has 4 heteroatoms. The quantitative estimate of drug-likeness (QED) is 0.777. The zero-order valence-electron chi connectivity index (χ0n) is 11.6. The number of rotatable bonds is 4. The molecule has 0 fully saturated rings. The monoisotopic (exact) mass is 287 g/mol. The lowest BCUT2D eigenvalue weighted by Gasteiger charge is -2.13. The van der Waals surface area contributed by atoms with Gasteiger partial charge in [0.1, 0.15) is 11.6 Å². The minimum absolute atomic E-state index is 0.140. The molecule has 0 amide bonds. The SMILES string of the molecule is CNC(Cc1cccc(F)c1)c1cc2cccc(F)c2o1. The summed E-state index contributed by atoms with van der Waals surface area (Å²) in [5.41, 5.74) is 1.11. The third-order valence-electron chi connectivity index (χ3n) is 3.54. The smallest absolute Gasteiger partial charge is 0.169 e. The van der Waals surface area contributed by atoms with Gasteiger partial charge in [0, 0.05) is 5.39 Å². The van der Waals surface area contributed by atoms with E-state index < -0.39 is 0 Å². The summed E-state index contributed by atoms with van der Waals surface area (Å²) in [6.45, 7) is 0. The number of benzene rings is 2.